The maximum atomic E-state index is 9.13. The zero-order valence-electron chi connectivity index (χ0n) is 14.2. The average Bonchev–Trinajstić information content (AvgIpc) is 2.60. The molecule has 2 aromatic rings. The normalized spacial score (nSPS) is 17.8. The molecule has 4 heteroatoms. The highest BCUT2D eigenvalue weighted by atomic mass is 35.5. The summed E-state index contributed by atoms with van der Waals surface area (Å²) in [7, 11) is 0. The minimum Gasteiger partial charge on any atom is -0.395 e. The van der Waals surface area contributed by atoms with E-state index in [9.17, 15) is 0 Å². The lowest BCUT2D eigenvalue weighted by Gasteiger charge is -2.39. The first-order valence-corrected chi connectivity index (χ1v) is 8.94. The SMILES string of the molecule is Cc1ccc(C(c2ccc(Cl)cc2)N2CCN(CCO)CC2)cc1. The first kappa shape index (κ1) is 17.4. The molecule has 0 aliphatic carbocycles. The van der Waals surface area contributed by atoms with Gasteiger partial charge in [-0.25, -0.2) is 0 Å². The fourth-order valence-corrected chi connectivity index (χ4v) is 3.52. The molecule has 0 amide bonds. The number of hydrogen-bond acceptors (Lipinski definition) is 3. The molecule has 24 heavy (non-hydrogen) atoms. The maximum Gasteiger partial charge on any atom is 0.0602 e. The number of aliphatic hydroxyl groups excluding tert-OH is 1. The number of β-amino-alcohol motifs (C(OH)–C–C–N with tert-alkyl or cyclic N) is 1. The second kappa shape index (κ2) is 8.13. The molecule has 1 aliphatic rings. The molecule has 0 saturated carbocycles. The van der Waals surface area contributed by atoms with Crippen molar-refractivity contribution in [3.63, 3.8) is 0 Å². The van der Waals surface area contributed by atoms with Crippen LogP contribution in [0.5, 0.6) is 0 Å². The number of halogens is 1. The second-order valence-corrected chi connectivity index (χ2v) is 6.90. The van der Waals surface area contributed by atoms with E-state index in [1.807, 2.05) is 12.1 Å². The number of aryl methyl sites for hydroxylation is 1. The maximum absolute atomic E-state index is 9.13. The Hall–Kier alpha value is -1.39. The highest BCUT2D eigenvalue weighted by Gasteiger charge is 2.26. The molecule has 1 heterocycles. The van der Waals surface area contributed by atoms with Gasteiger partial charge < -0.3 is 5.11 Å². The molecule has 2 aromatic carbocycles. The van der Waals surface area contributed by atoms with Crippen molar-refractivity contribution in [1.29, 1.82) is 0 Å². The molecule has 1 unspecified atom stereocenters. The summed E-state index contributed by atoms with van der Waals surface area (Å²) in [5.74, 6) is 0. The Morgan fingerprint density at radius 2 is 1.46 bits per heavy atom. The van der Waals surface area contributed by atoms with Crippen LogP contribution in [0.1, 0.15) is 22.7 Å². The van der Waals surface area contributed by atoms with Gasteiger partial charge in [-0.05, 0) is 30.2 Å². The van der Waals surface area contributed by atoms with Gasteiger partial charge in [-0.2, -0.15) is 0 Å². The van der Waals surface area contributed by atoms with Crippen LogP contribution in [0, 0.1) is 6.92 Å². The molecular formula is C20H25ClN2O. The van der Waals surface area contributed by atoms with Crippen LogP contribution in [0.3, 0.4) is 0 Å². The molecule has 0 spiro atoms. The van der Waals surface area contributed by atoms with Crippen LogP contribution in [0.2, 0.25) is 5.02 Å². The third kappa shape index (κ3) is 4.17. The van der Waals surface area contributed by atoms with Gasteiger partial charge in [-0.3, -0.25) is 9.80 Å². The molecule has 3 nitrogen and oxygen atoms in total. The molecule has 0 aromatic heterocycles. The van der Waals surface area contributed by atoms with Crippen LogP contribution in [0.4, 0.5) is 0 Å². The van der Waals surface area contributed by atoms with Crippen molar-refractivity contribution >= 4 is 11.6 Å². The zero-order valence-corrected chi connectivity index (χ0v) is 14.9. The summed E-state index contributed by atoms with van der Waals surface area (Å²) < 4.78 is 0. The van der Waals surface area contributed by atoms with Crippen molar-refractivity contribution < 1.29 is 5.11 Å². The van der Waals surface area contributed by atoms with Gasteiger partial charge in [-0.15, -0.1) is 0 Å². The van der Waals surface area contributed by atoms with Gasteiger partial charge in [-0.1, -0.05) is 53.6 Å². The zero-order chi connectivity index (χ0) is 16.9. The smallest absolute Gasteiger partial charge is 0.0602 e. The number of aliphatic hydroxyl groups is 1. The van der Waals surface area contributed by atoms with Crippen LogP contribution < -0.4 is 0 Å². The minimum absolute atomic E-state index is 0.235. The van der Waals surface area contributed by atoms with Crippen LogP contribution in [-0.4, -0.2) is 54.2 Å². The highest BCUT2D eigenvalue weighted by Crippen LogP contribution is 2.30. The monoisotopic (exact) mass is 344 g/mol. The summed E-state index contributed by atoms with van der Waals surface area (Å²) in [5.41, 5.74) is 3.87. The van der Waals surface area contributed by atoms with Crippen molar-refractivity contribution in [2.45, 2.75) is 13.0 Å². The predicted octanol–water partition coefficient (Wildman–Crippen LogP) is 3.35. The van der Waals surface area contributed by atoms with E-state index >= 15 is 0 Å². The van der Waals surface area contributed by atoms with E-state index in [1.54, 1.807) is 0 Å². The molecular weight excluding hydrogens is 320 g/mol. The number of nitrogens with zero attached hydrogens (tertiary/aromatic N) is 2. The Kier molecular flexibility index (Phi) is 5.90. The van der Waals surface area contributed by atoms with Gasteiger partial charge in [0.2, 0.25) is 0 Å². The molecule has 0 radical (unpaired) electrons. The number of benzene rings is 2. The summed E-state index contributed by atoms with van der Waals surface area (Å²) in [6.45, 7) is 7.12. The lowest BCUT2D eigenvalue weighted by atomic mass is 9.95. The van der Waals surface area contributed by atoms with Gasteiger partial charge >= 0.3 is 0 Å². The van der Waals surface area contributed by atoms with Gasteiger partial charge in [0.25, 0.3) is 0 Å². The fraction of sp³-hybridized carbons (Fsp3) is 0.400. The van der Waals surface area contributed by atoms with E-state index in [1.165, 1.54) is 16.7 Å². The summed E-state index contributed by atoms with van der Waals surface area (Å²) in [4.78, 5) is 4.85. The lowest BCUT2D eigenvalue weighted by molar-refractivity contribution is 0.0944. The third-order valence-corrected chi connectivity index (χ3v) is 5.02. The summed E-state index contributed by atoms with van der Waals surface area (Å²) in [6.07, 6.45) is 0. The second-order valence-electron chi connectivity index (χ2n) is 6.47. The van der Waals surface area contributed by atoms with Gasteiger partial charge in [0, 0.05) is 37.7 Å². The van der Waals surface area contributed by atoms with Crippen molar-refractivity contribution in [3.05, 3.63) is 70.2 Å². The predicted molar refractivity (Wildman–Crippen MR) is 99.6 cm³/mol. The van der Waals surface area contributed by atoms with Crippen LogP contribution in [-0.2, 0) is 0 Å². The highest BCUT2D eigenvalue weighted by molar-refractivity contribution is 6.30. The molecule has 1 saturated heterocycles. The lowest BCUT2D eigenvalue weighted by Crippen LogP contribution is -2.48. The Morgan fingerprint density at radius 3 is 2.00 bits per heavy atom. The van der Waals surface area contributed by atoms with Crippen molar-refractivity contribution in [1.82, 2.24) is 9.80 Å². The number of hydrogen-bond donors (Lipinski definition) is 1. The molecule has 1 fully saturated rings. The van der Waals surface area contributed by atoms with Gasteiger partial charge in [0.1, 0.15) is 0 Å². The molecule has 1 N–H and O–H groups in total. The third-order valence-electron chi connectivity index (χ3n) is 4.77. The van der Waals surface area contributed by atoms with E-state index in [0.29, 0.717) is 0 Å². The quantitative estimate of drug-likeness (QED) is 0.901. The van der Waals surface area contributed by atoms with Crippen LogP contribution in [0.15, 0.2) is 48.5 Å². The standard InChI is InChI=1S/C20H25ClN2O/c1-16-2-4-17(5-3-16)20(18-6-8-19(21)9-7-18)23-12-10-22(11-13-23)14-15-24/h2-9,20,24H,10-15H2,1H3. The first-order valence-electron chi connectivity index (χ1n) is 8.56. The minimum atomic E-state index is 0.235. The van der Waals surface area contributed by atoms with Crippen molar-refractivity contribution in [2.24, 2.45) is 0 Å². The van der Waals surface area contributed by atoms with Gasteiger partial charge in [0.15, 0.2) is 0 Å². The Bertz CT molecular complexity index is 588. The first-order chi connectivity index (χ1) is 11.7. The van der Waals surface area contributed by atoms with Crippen LogP contribution >= 0.6 is 11.6 Å². The summed E-state index contributed by atoms with van der Waals surface area (Å²) in [6, 6.07) is 17.3. The summed E-state index contributed by atoms with van der Waals surface area (Å²) >= 11 is 6.08. The van der Waals surface area contributed by atoms with E-state index in [0.717, 1.165) is 37.7 Å². The largest absolute Gasteiger partial charge is 0.395 e. The average molecular weight is 345 g/mol. The fourth-order valence-electron chi connectivity index (χ4n) is 3.39. The van der Waals surface area contributed by atoms with E-state index in [2.05, 4.69) is 53.1 Å². The van der Waals surface area contributed by atoms with Gasteiger partial charge in [0.05, 0.1) is 12.6 Å². The Morgan fingerprint density at radius 1 is 0.917 bits per heavy atom. The van der Waals surface area contributed by atoms with Crippen LogP contribution in [0.25, 0.3) is 0 Å². The molecule has 0 bridgehead atoms. The molecule has 128 valence electrons. The molecule has 1 atom stereocenters. The Balaban J connectivity index is 1.85. The van der Waals surface area contributed by atoms with Crippen molar-refractivity contribution in [2.75, 3.05) is 39.3 Å². The topological polar surface area (TPSA) is 26.7 Å². The summed E-state index contributed by atoms with van der Waals surface area (Å²) in [5, 5.41) is 9.91. The van der Waals surface area contributed by atoms with E-state index < -0.39 is 0 Å². The molecule has 1 aliphatic heterocycles. The van der Waals surface area contributed by atoms with E-state index in [-0.39, 0.29) is 12.6 Å². The Labute approximate surface area is 149 Å². The number of piperazine rings is 1. The molecule has 3 rings (SSSR count). The van der Waals surface area contributed by atoms with E-state index in [4.69, 9.17) is 16.7 Å². The van der Waals surface area contributed by atoms with Crippen molar-refractivity contribution in [3.8, 4) is 0 Å². The number of rotatable bonds is 5.